The molecule has 3 aliphatic rings. The van der Waals surface area contributed by atoms with E-state index < -0.39 is 10.0 Å². The van der Waals surface area contributed by atoms with Gasteiger partial charge in [-0.3, -0.25) is 4.79 Å². The average Bonchev–Trinajstić information content (AvgIpc) is 3.30. The normalized spacial score (nSPS) is 22.2. The second kappa shape index (κ2) is 7.14. The molecule has 6 nitrogen and oxygen atoms in total. The summed E-state index contributed by atoms with van der Waals surface area (Å²) in [4.78, 5) is 18.0. The summed E-state index contributed by atoms with van der Waals surface area (Å²) in [5.41, 5.74) is 2.68. The highest BCUT2D eigenvalue weighted by atomic mass is 79.9. The number of rotatable bonds is 2. The molecule has 2 aromatic carbocycles. The van der Waals surface area contributed by atoms with Crippen LogP contribution in [0.1, 0.15) is 34.8 Å². The first kappa shape index (κ1) is 19.1. The van der Waals surface area contributed by atoms with Gasteiger partial charge in [0.05, 0.1) is 17.5 Å². The molecule has 0 bridgehead atoms. The largest absolute Gasteiger partial charge is 0.332 e. The predicted octanol–water partition coefficient (Wildman–Crippen LogP) is 4.04. The number of likely N-dealkylation sites (tertiary alicyclic amines) is 1. The van der Waals surface area contributed by atoms with Crippen LogP contribution in [-0.2, 0) is 10.0 Å². The fourth-order valence-electron chi connectivity index (χ4n) is 4.10. The van der Waals surface area contributed by atoms with E-state index in [0.29, 0.717) is 17.3 Å². The van der Waals surface area contributed by atoms with Crippen LogP contribution in [0.4, 0.5) is 5.69 Å². The summed E-state index contributed by atoms with van der Waals surface area (Å²) in [5, 5.41) is 0.476. The van der Waals surface area contributed by atoms with Crippen molar-refractivity contribution >= 4 is 54.5 Å². The summed E-state index contributed by atoms with van der Waals surface area (Å²) in [7, 11) is -3.39. The van der Waals surface area contributed by atoms with Gasteiger partial charge in [-0.25, -0.2) is 8.42 Å². The number of amidine groups is 1. The SMILES string of the molecule is O=C(c1ccc2c(c1)SC1=NS(=O)(=O)CCN12)N1CCCC1c1cccc(Br)c1. The molecule has 0 aliphatic carbocycles. The second-order valence-electron chi connectivity index (χ2n) is 7.31. The lowest BCUT2D eigenvalue weighted by Crippen LogP contribution is -2.35. The van der Waals surface area contributed by atoms with Gasteiger partial charge in [0.25, 0.3) is 15.9 Å². The van der Waals surface area contributed by atoms with Gasteiger partial charge in [-0.2, -0.15) is 0 Å². The Balaban J connectivity index is 1.43. The van der Waals surface area contributed by atoms with Gasteiger partial charge in [-0.1, -0.05) is 28.1 Å². The first-order chi connectivity index (χ1) is 13.9. The van der Waals surface area contributed by atoms with Gasteiger partial charge >= 0.3 is 0 Å². The van der Waals surface area contributed by atoms with Crippen LogP contribution in [0.3, 0.4) is 0 Å². The van der Waals surface area contributed by atoms with E-state index in [1.54, 1.807) is 0 Å². The Kier molecular flexibility index (Phi) is 4.71. The summed E-state index contributed by atoms with van der Waals surface area (Å²) in [5.74, 6) is 0.0227. The highest BCUT2D eigenvalue weighted by Gasteiger charge is 2.35. The van der Waals surface area contributed by atoms with Crippen LogP contribution in [0.25, 0.3) is 0 Å². The molecular formula is C20H18BrN3O3S2. The average molecular weight is 492 g/mol. The maximum atomic E-state index is 13.3. The van der Waals surface area contributed by atoms with Crippen LogP contribution in [0.2, 0.25) is 0 Å². The van der Waals surface area contributed by atoms with Crippen molar-refractivity contribution in [3.8, 4) is 0 Å². The summed E-state index contributed by atoms with van der Waals surface area (Å²) >= 11 is 4.83. The van der Waals surface area contributed by atoms with Crippen molar-refractivity contribution in [2.45, 2.75) is 23.8 Å². The Bertz CT molecular complexity index is 1150. The quantitative estimate of drug-likeness (QED) is 0.633. The highest BCUT2D eigenvalue weighted by Crippen LogP contribution is 2.43. The number of thioether (sulfide) groups is 1. The van der Waals surface area contributed by atoms with Crippen LogP contribution < -0.4 is 4.90 Å². The fourth-order valence-corrected chi connectivity index (χ4v) is 6.81. The molecule has 3 heterocycles. The van der Waals surface area contributed by atoms with Crippen LogP contribution in [0.5, 0.6) is 0 Å². The Hall–Kier alpha value is -1.84. The lowest BCUT2D eigenvalue weighted by atomic mass is 10.0. The van der Waals surface area contributed by atoms with Crippen molar-refractivity contribution in [1.82, 2.24) is 4.90 Å². The minimum absolute atomic E-state index is 0.00954. The molecule has 0 N–H and O–H groups in total. The number of fused-ring (bicyclic) bond motifs is 3. The molecule has 0 radical (unpaired) electrons. The zero-order valence-corrected chi connectivity index (χ0v) is 18.6. The molecule has 0 spiro atoms. The van der Waals surface area contributed by atoms with Gasteiger partial charge in [0, 0.05) is 28.0 Å². The number of halogens is 1. The third kappa shape index (κ3) is 3.49. The maximum Gasteiger partial charge on any atom is 0.257 e. The molecule has 3 aliphatic heterocycles. The molecule has 5 rings (SSSR count). The Morgan fingerprint density at radius 1 is 1.17 bits per heavy atom. The molecule has 150 valence electrons. The second-order valence-corrected chi connectivity index (χ2v) is 11.0. The lowest BCUT2D eigenvalue weighted by Gasteiger charge is -2.26. The van der Waals surface area contributed by atoms with Gasteiger partial charge in [-0.15, -0.1) is 4.40 Å². The number of hydrogen-bond acceptors (Lipinski definition) is 5. The number of carbonyl (C=O) groups excluding carboxylic acids is 1. The van der Waals surface area contributed by atoms with E-state index in [4.69, 9.17) is 0 Å². The Morgan fingerprint density at radius 2 is 2.03 bits per heavy atom. The number of benzene rings is 2. The van der Waals surface area contributed by atoms with E-state index in [1.165, 1.54) is 11.8 Å². The van der Waals surface area contributed by atoms with E-state index in [1.807, 2.05) is 40.1 Å². The number of amides is 1. The maximum absolute atomic E-state index is 13.3. The highest BCUT2D eigenvalue weighted by molar-refractivity contribution is 9.10. The molecule has 0 saturated carbocycles. The zero-order chi connectivity index (χ0) is 20.2. The third-order valence-electron chi connectivity index (χ3n) is 5.47. The van der Waals surface area contributed by atoms with Crippen LogP contribution in [-0.4, -0.2) is 43.2 Å². The van der Waals surface area contributed by atoms with E-state index in [2.05, 4.69) is 32.5 Å². The molecule has 1 amide bonds. The molecule has 1 saturated heterocycles. The predicted molar refractivity (Wildman–Crippen MR) is 118 cm³/mol. The van der Waals surface area contributed by atoms with Crippen molar-refractivity contribution in [3.63, 3.8) is 0 Å². The summed E-state index contributed by atoms with van der Waals surface area (Å²) in [6.45, 7) is 1.13. The number of carbonyl (C=O) groups is 1. The first-order valence-electron chi connectivity index (χ1n) is 9.40. The van der Waals surface area contributed by atoms with Crippen LogP contribution >= 0.6 is 27.7 Å². The van der Waals surface area contributed by atoms with Crippen molar-refractivity contribution < 1.29 is 13.2 Å². The monoisotopic (exact) mass is 491 g/mol. The van der Waals surface area contributed by atoms with Crippen LogP contribution in [0, 0.1) is 0 Å². The zero-order valence-electron chi connectivity index (χ0n) is 15.4. The molecule has 2 aromatic rings. The van der Waals surface area contributed by atoms with Gasteiger partial charge in [0.1, 0.15) is 0 Å². The van der Waals surface area contributed by atoms with E-state index in [-0.39, 0.29) is 17.7 Å². The molecule has 1 atom stereocenters. The van der Waals surface area contributed by atoms with Crippen molar-refractivity contribution in [1.29, 1.82) is 0 Å². The minimum atomic E-state index is -3.39. The van der Waals surface area contributed by atoms with E-state index >= 15 is 0 Å². The number of hydrogen-bond donors (Lipinski definition) is 0. The third-order valence-corrected chi connectivity index (χ3v) is 8.27. The Labute approximate surface area is 182 Å². The molecule has 1 fully saturated rings. The number of nitrogens with zero attached hydrogens (tertiary/aromatic N) is 3. The lowest BCUT2D eigenvalue weighted by molar-refractivity contribution is 0.0735. The van der Waals surface area contributed by atoms with Crippen LogP contribution in [0.15, 0.2) is 56.2 Å². The van der Waals surface area contributed by atoms with Crippen molar-refractivity contribution in [3.05, 3.63) is 58.1 Å². The summed E-state index contributed by atoms with van der Waals surface area (Å²) in [6.07, 6.45) is 1.93. The van der Waals surface area contributed by atoms with Gasteiger partial charge < -0.3 is 9.80 Å². The topological polar surface area (TPSA) is 70.0 Å². The van der Waals surface area contributed by atoms with Crippen molar-refractivity contribution in [2.24, 2.45) is 4.40 Å². The van der Waals surface area contributed by atoms with Gasteiger partial charge in [-0.05, 0) is 60.5 Å². The molecule has 9 heteroatoms. The standard InChI is InChI=1S/C20H18BrN3O3S2/c21-15-4-1-3-13(11-15)16-5-2-8-23(16)19(25)14-6-7-17-18(12-14)28-20-22-29(26,27)10-9-24(17)20/h1,3-4,6-7,11-12,16H,2,5,8-10H2. The Morgan fingerprint density at radius 3 is 2.86 bits per heavy atom. The number of anilines is 1. The van der Waals surface area contributed by atoms with E-state index in [9.17, 15) is 13.2 Å². The number of sulfonamides is 1. The molecule has 29 heavy (non-hydrogen) atoms. The smallest absolute Gasteiger partial charge is 0.257 e. The van der Waals surface area contributed by atoms with Crippen molar-refractivity contribution in [2.75, 3.05) is 23.7 Å². The molecule has 1 unspecified atom stereocenters. The summed E-state index contributed by atoms with van der Waals surface area (Å²) < 4.78 is 28.5. The van der Waals surface area contributed by atoms with Gasteiger partial charge in [0.15, 0.2) is 5.17 Å². The summed E-state index contributed by atoms with van der Waals surface area (Å²) in [6, 6.07) is 13.8. The van der Waals surface area contributed by atoms with Gasteiger partial charge in [0.2, 0.25) is 0 Å². The first-order valence-corrected chi connectivity index (χ1v) is 12.6. The molecular weight excluding hydrogens is 474 g/mol. The molecule has 0 aromatic heterocycles. The van der Waals surface area contributed by atoms with E-state index in [0.717, 1.165) is 40.0 Å². The minimum Gasteiger partial charge on any atom is -0.332 e. The fraction of sp³-hybridized carbons (Fsp3) is 0.300.